The number of rotatable bonds is 14. The first-order chi connectivity index (χ1) is 27.7. The van der Waals surface area contributed by atoms with E-state index in [1.807, 2.05) is 47.4 Å². The summed E-state index contributed by atoms with van der Waals surface area (Å²) in [6.45, 7) is 8.25. The van der Waals surface area contributed by atoms with E-state index in [-0.39, 0.29) is 19.8 Å². The van der Waals surface area contributed by atoms with E-state index in [1.165, 1.54) is 0 Å². The summed E-state index contributed by atoms with van der Waals surface area (Å²) in [5.41, 5.74) is 8.19. The minimum Gasteiger partial charge on any atom is -0.488 e. The molecule has 2 N–H and O–H groups in total. The van der Waals surface area contributed by atoms with Crippen LogP contribution in [-0.4, -0.2) is 68.5 Å². The third kappa shape index (κ3) is 9.49. The number of nitriles is 1. The Labute approximate surface area is 338 Å². The summed E-state index contributed by atoms with van der Waals surface area (Å²) >= 11 is 6.89. The van der Waals surface area contributed by atoms with Gasteiger partial charge < -0.3 is 24.1 Å². The summed E-state index contributed by atoms with van der Waals surface area (Å²) in [5, 5.41) is 38.0. The number of ether oxygens (including phenoxy) is 2. The smallest absolute Gasteiger partial charge is 0.320 e. The van der Waals surface area contributed by atoms with E-state index in [2.05, 4.69) is 47.1 Å². The molecular weight excluding hydrogens is 742 g/mol. The number of aromatic nitrogens is 2. The molecule has 2 aliphatic heterocycles. The maximum absolute atomic E-state index is 12.1. The number of aliphatic hydroxyl groups is 1. The van der Waals surface area contributed by atoms with E-state index >= 15 is 0 Å². The van der Waals surface area contributed by atoms with Gasteiger partial charge in [-0.25, -0.2) is 0 Å². The van der Waals surface area contributed by atoms with Gasteiger partial charge in [0.1, 0.15) is 30.8 Å². The highest BCUT2D eigenvalue weighted by Crippen LogP contribution is 2.38. The SMILES string of the molecule is Cc1c(COc2cc(OCc3cccc(C#N)c3)c(CN3CCCC[C@H]3C(=O)O)cc2Cl)cccc1-c1cccc(-c2nnc(CN3CCC(CO)CC3)o2)c1C. The topological polar surface area (TPSA) is 145 Å². The van der Waals surface area contributed by atoms with Crippen LogP contribution in [0.25, 0.3) is 22.6 Å². The van der Waals surface area contributed by atoms with Crippen molar-refractivity contribution >= 4 is 17.6 Å². The molecule has 0 spiro atoms. The van der Waals surface area contributed by atoms with Crippen molar-refractivity contribution in [2.75, 3.05) is 26.2 Å². The molecule has 0 bridgehead atoms. The molecule has 0 unspecified atom stereocenters. The molecule has 3 heterocycles. The van der Waals surface area contributed by atoms with Gasteiger partial charge in [0.25, 0.3) is 0 Å². The van der Waals surface area contributed by atoms with Gasteiger partial charge in [-0.15, -0.1) is 10.2 Å². The molecule has 2 aliphatic rings. The molecule has 5 aromatic rings. The van der Waals surface area contributed by atoms with Gasteiger partial charge in [-0.3, -0.25) is 14.6 Å². The lowest BCUT2D eigenvalue weighted by Gasteiger charge is -2.33. The van der Waals surface area contributed by atoms with E-state index in [9.17, 15) is 20.3 Å². The van der Waals surface area contributed by atoms with Crippen LogP contribution in [-0.2, 0) is 31.1 Å². The van der Waals surface area contributed by atoms with Crippen LogP contribution in [0.4, 0.5) is 0 Å². The van der Waals surface area contributed by atoms with Crippen molar-refractivity contribution in [1.82, 2.24) is 20.0 Å². The first-order valence-corrected chi connectivity index (χ1v) is 20.0. The number of nitrogens with zero attached hydrogens (tertiary/aromatic N) is 5. The number of carboxylic acid groups (broad SMARTS) is 1. The molecule has 11 nitrogen and oxygen atoms in total. The molecule has 0 aliphatic carbocycles. The number of aliphatic carboxylic acids is 1. The normalized spacial score (nSPS) is 16.6. The number of halogens is 1. The van der Waals surface area contributed by atoms with E-state index < -0.39 is 12.0 Å². The standard InChI is InChI=1S/C45H48ClN5O6/c1-29-34(10-6-11-36(29)37-12-7-13-38(30(37)2)44-49-48-43(57-44)25-50-18-15-31(26-52)16-19-50)28-56-42-22-41(55-27-33-9-5-8-32(20-33)23-47)35(21-39(42)46)24-51-17-4-3-14-40(51)45(53)54/h5-13,20-22,31,40,52H,3-4,14-19,24-28H2,1-2H3,(H,53,54)/t40-/m0/s1. The van der Waals surface area contributed by atoms with E-state index in [0.717, 1.165) is 83.3 Å². The monoisotopic (exact) mass is 789 g/mol. The first kappa shape index (κ1) is 40.0. The Morgan fingerprint density at radius 2 is 1.60 bits per heavy atom. The Kier molecular flexibility index (Phi) is 12.9. The van der Waals surface area contributed by atoms with Crippen molar-refractivity contribution < 1.29 is 28.9 Å². The summed E-state index contributed by atoms with van der Waals surface area (Å²) in [4.78, 5) is 16.4. The molecule has 12 heteroatoms. The second-order valence-electron chi connectivity index (χ2n) is 15.1. The lowest BCUT2D eigenvalue weighted by Crippen LogP contribution is -2.44. The van der Waals surface area contributed by atoms with Crippen molar-refractivity contribution in [3.8, 4) is 40.1 Å². The van der Waals surface area contributed by atoms with Crippen LogP contribution >= 0.6 is 11.6 Å². The number of hydrogen-bond donors (Lipinski definition) is 2. The van der Waals surface area contributed by atoms with Crippen molar-refractivity contribution in [2.45, 2.75) is 78.3 Å². The van der Waals surface area contributed by atoms with Crippen molar-refractivity contribution in [3.05, 3.63) is 117 Å². The highest BCUT2D eigenvalue weighted by Gasteiger charge is 2.29. The van der Waals surface area contributed by atoms with Gasteiger partial charge >= 0.3 is 5.97 Å². The minimum atomic E-state index is -0.832. The molecular formula is C45H48ClN5O6. The summed E-state index contributed by atoms with van der Waals surface area (Å²) in [7, 11) is 0. The minimum absolute atomic E-state index is 0.209. The van der Waals surface area contributed by atoms with Gasteiger partial charge in [0.2, 0.25) is 11.8 Å². The quantitative estimate of drug-likeness (QED) is 0.112. The van der Waals surface area contributed by atoms with Crippen molar-refractivity contribution in [2.24, 2.45) is 5.92 Å². The maximum atomic E-state index is 12.1. The number of benzene rings is 4. The fourth-order valence-electron chi connectivity index (χ4n) is 7.91. The zero-order valence-corrected chi connectivity index (χ0v) is 33.2. The van der Waals surface area contributed by atoms with Crippen LogP contribution < -0.4 is 9.47 Å². The average molecular weight is 790 g/mol. The second-order valence-corrected chi connectivity index (χ2v) is 15.5. The zero-order chi connectivity index (χ0) is 39.9. The fraction of sp³-hybridized carbons (Fsp3) is 0.378. The van der Waals surface area contributed by atoms with E-state index in [4.69, 9.17) is 25.5 Å². The average Bonchev–Trinajstić information content (AvgIpc) is 3.69. The zero-order valence-electron chi connectivity index (χ0n) is 32.4. The Morgan fingerprint density at radius 1 is 0.860 bits per heavy atom. The fourth-order valence-corrected chi connectivity index (χ4v) is 8.15. The largest absolute Gasteiger partial charge is 0.488 e. The van der Waals surface area contributed by atoms with Crippen LogP contribution in [0.5, 0.6) is 11.5 Å². The number of likely N-dealkylation sites (tertiary alicyclic amines) is 2. The number of aliphatic hydroxyl groups excluding tert-OH is 1. The lowest BCUT2D eigenvalue weighted by atomic mass is 9.91. The highest BCUT2D eigenvalue weighted by atomic mass is 35.5. The number of carbonyl (C=O) groups is 1. The molecule has 0 radical (unpaired) electrons. The molecule has 0 amide bonds. The first-order valence-electron chi connectivity index (χ1n) is 19.6. The predicted molar refractivity (Wildman–Crippen MR) is 217 cm³/mol. The lowest BCUT2D eigenvalue weighted by molar-refractivity contribution is -0.144. The van der Waals surface area contributed by atoms with Crippen LogP contribution in [0.1, 0.15) is 71.4 Å². The third-order valence-corrected chi connectivity index (χ3v) is 11.6. The van der Waals surface area contributed by atoms with Crippen molar-refractivity contribution in [1.29, 1.82) is 5.26 Å². The molecule has 1 aromatic heterocycles. The van der Waals surface area contributed by atoms with Crippen LogP contribution in [0.3, 0.4) is 0 Å². The Bertz CT molecular complexity index is 2240. The van der Waals surface area contributed by atoms with Crippen molar-refractivity contribution in [3.63, 3.8) is 0 Å². The molecule has 0 saturated carbocycles. The number of carboxylic acids is 1. The van der Waals surface area contributed by atoms with Gasteiger partial charge in [0.05, 0.1) is 23.2 Å². The van der Waals surface area contributed by atoms with Gasteiger partial charge in [0, 0.05) is 30.3 Å². The Balaban J connectivity index is 1.10. The second kappa shape index (κ2) is 18.3. The highest BCUT2D eigenvalue weighted by molar-refractivity contribution is 6.32. The van der Waals surface area contributed by atoms with Gasteiger partial charge in [-0.05, 0) is 123 Å². The summed E-state index contributed by atoms with van der Waals surface area (Å²) in [6, 6.07) is 24.7. The molecule has 2 saturated heterocycles. The van der Waals surface area contributed by atoms with Crippen LogP contribution in [0.15, 0.2) is 77.2 Å². The van der Waals surface area contributed by atoms with E-state index in [1.54, 1.807) is 18.2 Å². The van der Waals surface area contributed by atoms with Gasteiger partial charge in [-0.2, -0.15) is 5.26 Å². The molecule has 296 valence electrons. The Morgan fingerprint density at radius 3 is 2.37 bits per heavy atom. The Hall–Kier alpha value is -5.25. The predicted octanol–water partition coefficient (Wildman–Crippen LogP) is 8.35. The van der Waals surface area contributed by atoms with Gasteiger partial charge in [0.15, 0.2) is 0 Å². The summed E-state index contributed by atoms with van der Waals surface area (Å²) in [5.74, 6) is 1.59. The number of hydrogen-bond acceptors (Lipinski definition) is 10. The van der Waals surface area contributed by atoms with Crippen LogP contribution in [0.2, 0.25) is 5.02 Å². The molecule has 1 atom stereocenters. The van der Waals surface area contributed by atoms with Gasteiger partial charge in [-0.1, -0.05) is 60.5 Å². The number of piperidine rings is 2. The van der Waals surface area contributed by atoms with Crippen LogP contribution in [0, 0.1) is 31.1 Å². The third-order valence-electron chi connectivity index (χ3n) is 11.3. The molecule has 4 aromatic carbocycles. The molecule has 57 heavy (non-hydrogen) atoms. The van der Waals surface area contributed by atoms with E-state index in [0.29, 0.717) is 65.8 Å². The summed E-state index contributed by atoms with van der Waals surface area (Å²) in [6.07, 6.45) is 4.31. The summed E-state index contributed by atoms with van der Waals surface area (Å²) < 4.78 is 19.0. The molecule has 2 fully saturated rings. The maximum Gasteiger partial charge on any atom is 0.320 e. The molecule has 7 rings (SSSR count).